The van der Waals surface area contributed by atoms with Crippen molar-refractivity contribution < 1.29 is 19.1 Å². The smallest absolute Gasteiger partial charge is 0.340 e. The first-order valence-electron chi connectivity index (χ1n) is 9.53. The van der Waals surface area contributed by atoms with Crippen molar-refractivity contribution in [3.63, 3.8) is 0 Å². The van der Waals surface area contributed by atoms with E-state index in [1.807, 2.05) is 48.2 Å². The molecule has 2 heterocycles. The van der Waals surface area contributed by atoms with Gasteiger partial charge in [-0.05, 0) is 43.6 Å². The van der Waals surface area contributed by atoms with Crippen molar-refractivity contribution in [2.75, 3.05) is 32.1 Å². The van der Waals surface area contributed by atoms with Crippen LogP contribution in [0.25, 0.3) is 10.4 Å². The zero-order valence-electron chi connectivity index (χ0n) is 16.5. The second-order valence-electron chi connectivity index (χ2n) is 6.65. The number of piperidine rings is 1. The number of likely N-dealkylation sites (tertiary alicyclic amines) is 1. The number of ether oxygens (including phenoxy) is 2. The van der Waals surface area contributed by atoms with Crippen molar-refractivity contribution in [1.29, 1.82) is 0 Å². The maximum atomic E-state index is 12.3. The molecule has 1 fully saturated rings. The number of anilines is 1. The zero-order chi connectivity index (χ0) is 20.8. The predicted octanol–water partition coefficient (Wildman–Crippen LogP) is 4.17. The van der Waals surface area contributed by atoms with Crippen molar-refractivity contribution in [1.82, 2.24) is 4.90 Å². The molecule has 1 aliphatic rings. The Hall–Kier alpha value is -2.45. The van der Waals surface area contributed by atoms with E-state index in [9.17, 15) is 9.59 Å². The summed E-state index contributed by atoms with van der Waals surface area (Å²) in [6.07, 6.45) is 1.40. The number of carbonyl (C=O) groups is 2. The van der Waals surface area contributed by atoms with Crippen LogP contribution in [0.3, 0.4) is 0 Å². The minimum Gasteiger partial charge on any atom is -0.466 e. The number of hydrogen-bond acceptors (Lipinski definition) is 6. The molecular formula is C21H24N2O4S2. The van der Waals surface area contributed by atoms with Gasteiger partial charge in [-0.25, -0.2) is 4.79 Å². The largest absolute Gasteiger partial charge is 0.466 e. The molecular weight excluding hydrogens is 408 g/mol. The number of nitrogens with zero attached hydrogens (tertiary/aromatic N) is 1. The summed E-state index contributed by atoms with van der Waals surface area (Å²) in [6, 6.07) is 11.7. The van der Waals surface area contributed by atoms with Crippen LogP contribution in [0.15, 0.2) is 36.4 Å². The van der Waals surface area contributed by atoms with Gasteiger partial charge in [0.15, 0.2) is 5.11 Å². The van der Waals surface area contributed by atoms with Gasteiger partial charge < -0.3 is 19.7 Å². The number of nitrogens with one attached hydrogen (secondary N) is 1. The van der Waals surface area contributed by atoms with Crippen LogP contribution in [0.2, 0.25) is 0 Å². The van der Waals surface area contributed by atoms with Gasteiger partial charge in [-0.2, -0.15) is 0 Å². The maximum Gasteiger partial charge on any atom is 0.340 e. The van der Waals surface area contributed by atoms with Crippen molar-refractivity contribution >= 4 is 45.6 Å². The molecule has 0 radical (unpaired) electrons. The number of rotatable bonds is 5. The predicted molar refractivity (Wildman–Crippen MR) is 118 cm³/mol. The van der Waals surface area contributed by atoms with E-state index in [-0.39, 0.29) is 11.9 Å². The summed E-state index contributed by atoms with van der Waals surface area (Å²) in [4.78, 5) is 27.1. The molecule has 1 N–H and O–H groups in total. The van der Waals surface area contributed by atoms with Crippen LogP contribution in [-0.4, -0.2) is 48.8 Å². The number of thiocarbonyl (C=S) groups is 1. The normalized spacial score (nSPS) is 14.3. The highest BCUT2D eigenvalue weighted by Crippen LogP contribution is 2.36. The second kappa shape index (κ2) is 9.84. The molecule has 1 aromatic carbocycles. The first kappa shape index (κ1) is 21.3. The van der Waals surface area contributed by atoms with Crippen molar-refractivity contribution in [3.05, 3.63) is 42.0 Å². The lowest BCUT2D eigenvalue weighted by Crippen LogP contribution is -2.42. The van der Waals surface area contributed by atoms with E-state index in [1.165, 1.54) is 18.4 Å². The lowest BCUT2D eigenvalue weighted by molar-refractivity contribution is -0.149. The fraction of sp³-hybridized carbons (Fsp3) is 0.381. The number of esters is 2. The maximum absolute atomic E-state index is 12.3. The van der Waals surface area contributed by atoms with Crippen LogP contribution in [0.5, 0.6) is 0 Å². The van der Waals surface area contributed by atoms with E-state index in [2.05, 4.69) is 5.32 Å². The highest BCUT2D eigenvalue weighted by atomic mass is 32.1. The van der Waals surface area contributed by atoms with E-state index < -0.39 is 5.97 Å². The van der Waals surface area contributed by atoms with Crippen LogP contribution in [0.4, 0.5) is 5.00 Å². The summed E-state index contributed by atoms with van der Waals surface area (Å²) in [5, 5.41) is 4.41. The molecule has 0 saturated carbocycles. The topological polar surface area (TPSA) is 67.9 Å². The Morgan fingerprint density at radius 2 is 1.93 bits per heavy atom. The van der Waals surface area contributed by atoms with Gasteiger partial charge in [0.2, 0.25) is 0 Å². The summed E-state index contributed by atoms with van der Waals surface area (Å²) in [7, 11) is 1.37. The number of thiophene rings is 1. The SMILES string of the molecule is CCOC(=O)C1CCN(C(=S)Nc2sc(-c3ccccc3)cc2C(=O)OC)CC1. The van der Waals surface area contributed by atoms with Gasteiger partial charge >= 0.3 is 11.9 Å². The third-order valence-electron chi connectivity index (χ3n) is 4.82. The van der Waals surface area contributed by atoms with E-state index in [4.69, 9.17) is 21.7 Å². The molecule has 3 rings (SSSR count). The lowest BCUT2D eigenvalue weighted by Gasteiger charge is -2.32. The van der Waals surface area contributed by atoms with Crippen LogP contribution in [-0.2, 0) is 14.3 Å². The van der Waals surface area contributed by atoms with E-state index in [0.717, 1.165) is 10.4 Å². The molecule has 1 saturated heterocycles. The molecule has 0 aliphatic carbocycles. The van der Waals surface area contributed by atoms with Gasteiger partial charge in [0.1, 0.15) is 5.00 Å². The molecule has 154 valence electrons. The van der Waals surface area contributed by atoms with E-state index >= 15 is 0 Å². The van der Waals surface area contributed by atoms with Gasteiger partial charge in [0, 0.05) is 18.0 Å². The van der Waals surface area contributed by atoms with Crippen molar-refractivity contribution in [2.24, 2.45) is 5.92 Å². The average molecular weight is 433 g/mol. The van der Waals surface area contributed by atoms with Crippen molar-refractivity contribution in [2.45, 2.75) is 19.8 Å². The fourth-order valence-electron chi connectivity index (χ4n) is 3.24. The number of benzene rings is 1. The molecule has 0 unspecified atom stereocenters. The van der Waals surface area contributed by atoms with Gasteiger partial charge in [-0.1, -0.05) is 30.3 Å². The Balaban J connectivity index is 1.71. The highest BCUT2D eigenvalue weighted by Gasteiger charge is 2.28. The zero-order valence-corrected chi connectivity index (χ0v) is 18.1. The average Bonchev–Trinajstić information content (AvgIpc) is 3.18. The summed E-state index contributed by atoms with van der Waals surface area (Å²) in [5.41, 5.74) is 1.48. The van der Waals surface area contributed by atoms with Crippen molar-refractivity contribution in [3.8, 4) is 10.4 Å². The number of hydrogen-bond donors (Lipinski definition) is 1. The molecule has 8 heteroatoms. The Bertz CT molecular complexity index is 874. The molecule has 29 heavy (non-hydrogen) atoms. The standard InChI is InChI=1S/C21H24N2O4S2/c1-3-27-19(24)15-9-11-23(12-10-15)21(28)22-18-16(20(25)26-2)13-17(29-18)14-7-5-4-6-8-14/h4-8,13,15H,3,9-12H2,1-2H3,(H,22,28). The molecule has 0 bridgehead atoms. The molecule has 1 aliphatic heterocycles. The van der Waals surface area contributed by atoms with Crippen LogP contribution < -0.4 is 5.32 Å². The minimum atomic E-state index is -0.408. The summed E-state index contributed by atoms with van der Waals surface area (Å²) in [5.74, 6) is -0.620. The fourth-order valence-corrected chi connectivity index (χ4v) is 4.64. The first-order chi connectivity index (χ1) is 14.0. The molecule has 0 spiro atoms. The Morgan fingerprint density at radius 1 is 1.24 bits per heavy atom. The lowest BCUT2D eigenvalue weighted by atomic mass is 9.97. The van der Waals surface area contributed by atoms with Crippen LogP contribution in [0, 0.1) is 5.92 Å². The van der Waals surface area contributed by atoms with Gasteiger partial charge in [0.05, 0.1) is 25.2 Å². The molecule has 0 atom stereocenters. The van der Waals surface area contributed by atoms with E-state index in [1.54, 1.807) is 0 Å². The monoisotopic (exact) mass is 432 g/mol. The Morgan fingerprint density at radius 3 is 2.55 bits per heavy atom. The summed E-state index contributed by atoms with van der Waals surface area (Å²) in [6.45, 7) is 3.55. The number of methoxy groups -OCH3 is 1. The van der Waals surface area contributed by atoms with E-state index in [0.29, 0.717) is 48.2 Å². The minimum absolute atomic E-state index is 0.0777. The van der Waals surface area contributed by atoms with Crippen LogP contribution in [0.1, 0.15) is 30.1 Å². The van der Waals surface area contributed by atoms with Crippen LogP contribution >= 0.6 is 23.6 Å². The van der Waals surface area contributed by atoms with Gasteiger partial charge in [-0.3, -0.25) is 4.79 Å². The third kappa shape index (κ3) is 5.13. The summed E-state index contributed by atoms with van der Waals surface area (Å²) < 4.78 is 10.1. The quantitative estimate of drug-likeness (QED) is 0.562. The molecule has 0 amide bonds. The molecule has 2 aromatic rings. The second-order valence-corrected chi connectivity index (χ2v) is 8.09. The van der Waals surface area contributed by atoms with Gasteiger partial charge in [-0.15, -0.1) is 11.3 Å². The Kier molecular flexibility index (Phi) is 7.22. The first-order valence-corrected chi connectivity index (χ1v) is 10.8. The summed E-state index contributed by atoms with van der Waals surface area (Å²) >= 11 is 7.03. The third-order valence-corrected chi connectivity index (χ3v) is 6.28. The Labute approximate surface area is 179 Å². The van der Waals surface area contributed by atoms with Gasteiger partial charge in [0.25, 0.3) is 0 Å². The highest BCUT2D eigenvalue weighted by molar-refractivity contribution is 7.80. The molecule has 6 nitrogen and oxygen atoms in total. The number of carbonyl (C=O) groups excluding carboxylic acids is 2. The molecule has 1 aromatic heterocycles.